The highest BCUT2D eigenvalue weighted by atomic mass is 32.2. The van der Waals surface area contributed by atoms with Gasteiger partial charge in [0.05, 0.1) is 16.1 Å². The lowest BCUT2D eigenvalue weighted by atomic mass is 9.94. The fourth-order valence-corrected chi connectivity index (χ4v) is 3.91. The van der Waals surface area contributed by atoms with Gasteiger partial charge in [-0.15, -0.1) is 0 Å². The Bertz CT molecular complexity index is 695. The molecule has 1 aliphatic rings. The van der Waals surface area contributed by atoms with Crippen LogP contribution in [0.4, 0.5) is 4.39 Å². The molecule has 1 heterocycles. The molecule has 1 aliphatic heterocycles. The Morgan fingerprint density at radius 1 is 1.43 bits per heavy atom. The molecule has 0 aliphatic carbocycles. The number of rotatable bonds is 4. The number of aliphatic hydroxyl groups is 1. The van der Waals surface area contributed by atoms with Crippen molar-refractivity contribution in [3.05, 3.63) is 29.1 Å². The molecule has 1 saturated heterocycles. The first-order chi connectivity index (χ1) is 9.60. The zero-order valence-electron chi connectivity index (χ0n) is 11.6. The van der Waals surface area contributed by atoms with Gasteiger partial charge in [0.1, 0.15) is 5.82 Å². The highest BCUT2D eigenvalue weighted by Gasteiger charge is 2.46. The summed E-state index contributed by atoms with van der Waals surface area (Å²) in [6, 6.07) is 1.91. The Balaban J connectivity index is 2.41. The fourth-order valence-electron chi connectivity index (χ4n) is 2.19. The third-order valence-corrected chi connectivity index (χ3v) is 5.47. The van der Waals surface area contributed by atoms with E-state index < -0.39 is 33.0 Å². The highest BCUT2D eigenvalue weighted by Crippen LogP contribution is 2.31. The van der Waals surface area contributed by atoms with Gasteiger partial charge in [0.25, 0.3) is 0 Å². The van der Waals surface area contributed by atoms with Crippen molar-refractivity contribution in [2.45, 2.75) is 30.8 Å². The third kappa shape index (κ3) is 2.66. The maximum absolute atomic E-state index is 13.7. The molecule has 21 heavy (non-hydrogen) atoms. The molecule has 2 N–H and O–H groups in total. The van der Waals surface area contributed by atoms with Crippen molar-refractivity contribution in [1.29, 1.82) is 0 Å². The Morgan fingerprint density at radius 2 is 2.00 bits per heavy atom. The molecule has 6 nitrogen and oxygen atoms in total. The quantitative estimate of drug-likeness (QED) is 0.863. The molecule has 0 radical (unpaired) electrons. The monoisotopic (exact) mass is 317 g/mol. The van der Waals surface area contributed by atoms with Crippen molar-refractivity contribution < 1.29 is 27.8 Å². The van der Waals surface area contributed by atoms with E-state index in [9.17, 15) is 22.7 Å². The van der Waals surface area contributed by atoms with Gasteiger partial charge in [-0.3, -0.25) is 0 Å². The second-order valence-electron chi connectivity index (χ2n) is 5.26. The number of carbonyl (C=O) groups is 1. The fraction of sp³-hybridized carbons (Fsp3) is 0.462. The first-order valence-corrected chi connectivity index (χ1v) is 7.81. The van der Waals surface area contributed by atoms with E-state index >= 15 is 0 Å². The van der Waals surface area contributed by atoms with Crippen LogP contribution in [0.5, 0.6) is 0 Å². The van der Waals surface area contributed by atoms with Gasteiger partial charge in [0, 0.05) is 13.1 Å². The average Bonchev–Trinajstić information content (AvgIpc) is 2.37. The molecule has 8 heteroatoms. The summed E-state index contributed by atoms with van der Waals surface area (Å²) in [5.74, 6) is -2.48. The van der Waals surface area contributed by atoms with Crippen molar-refractivity contribution in [3.8, 4) is 0 Å². The lowest BCUT2D eigenvalue weighted by Crippen LogP contribution is -2.62. The molecule has 0 saturated carbocycles. The molecule has 2 rings (SSSR count). The summed E-state index contributed by atoms with van der Waals surface area (Å²) in [7, 11) is -3.94. The van der Waals surface area contributed by atoms with Crippen molar-refractivity contribution in [2.24, 2.45) is 0 Å². The largest absolute Gasteiger partial charge is 0.478 e. The van der Waals surface area contributed by atoms with Crippen LogP contribution in [0.3, 0.4) is 0 Å². The van der Waals surface area contributed by atoms with E-state index in [1.807, 2.05) is 0 Å². The van der Waals surface area contributed by atoms with Crippen LogP contribution < -0.4 is 0 Å². The molecule has 0 unspecified atom stereocenters. The summed E-state index contributed by atoms with van der Waals surface area (Å²) >= 11 is 0. The second-order valence-corrected chi connectivity index (χ2v) is 7.20. The molecule has 0 atom stereocenters. The first kappa shape index (κ1) is 15.9. The van der Waals surface area contributed by atoms with Crippen LogP contribution in [0.1, 0.15) is 29.3 Å². The van der Waals surface area contributed by atoms with E-state index in [0.29, 0.717) is 6.42 Å². The zero-order chi connectivity index (χ0) is 16.0. The van der Waals surface area contributed by atoms with Gasteiger partial charge in [-0.25, -0.2) is 17.6 Å². The summed E-state index contributed by atoms with van der Waals surface area (Å²) in [4.78, 5) is 10.7. The number of β-amino-alcohol motifs (C(OH)–C–C–N with tert-alkyl or cyclic N) is 1. The van der Waals surface area contributed by atoms with Crippen molar-refractivity contribution in [3.63, 3.8) is 0 Å². The summed E-state index contributed by atoms with van der Waals surface area (Å²) in [5, 5.41) is 18.8. The average molecular weight is 317 g/mol. The SMILES string of the molecule is CCC1(O)CN(S(=O)(=O)c2cc(C)c(F)c(C(=O)O)c2)C1. The Labute approximate surface area is 121 Å². The Morgan fingerprint density at radius 3 is 2.48 bits per heavy atom. The molecular weight excluding hydrogens is 301 g/mol. The Kier molecular flexibility index (Phi) is 3.81. The third-order valence-electron chi connectivity index (χ3n) is 3.70. The number of hydrogen-bond donors (Lipinski definition) is 2. The summed E-state index contributed by atoms with van der Waals surface area (Å²) in [6.45, 7) is 2.95. The van der Waals surface area contributed by atoms with Crippen LogP contribution in [0.15, 0.2) is 17.0 Å². The van der Waals surface area contributed by atoms with Crippen LogP contribution in [-0.4, -0.2) is 47.6 Å². The molecule has 0 amide bonds. The molecule has 0 aromatic heterocycles. The van der Waals surface area contributed by atoms with Gasteiger partial charge in [0.2, 0.25) is 10.0 Å². The normalized spacial score (nSPS) is 18.3. The van der Waals surface area contributed by atoms with E-state index in [1.165, 1.54) is 6.92 Å². The van der Waals surface area contributed by atoms with E-state index in [2.05, 4.69) is 0 Å². The summed E-state index contributed by atoms with van der Waals surface area (Å²) in [6.07, 6.45) is 0.418. The predicted octanol–water partition coefficient (Wildman–Crippen LogP) is 0.978. The zero-order valence-corrected chi connectivity index (χ0v) is 12.4. The van der Waals surface area contributed by atoms with Crippen molar-refractivity contribution in [2.75, 3.05) is 13.1 Å². The lowest BCUT2D eigenvalue weighted by molar-refractivity contribution is -0.0613. The molecule has 0 bridgehead atoms. The predicted molar refractivity (Wildman–Crippen MR) is 72.1 cm³/mol. The van der Waals surface area contributed by atoms with Gasteiger partial charge in [-0.1, -0.05) is 6.92 Å². The number of aryl methyl sites for hydroxylation is 1. The van der Waals surface area contributed by atoms with Crippen LogP contribution >= 0.6 is 0 Å². The number of carboxylic acid groups (broad SMARTS) is 1. The van der Waals surface area contributed by atoms with Crippen LogP contribution in [0, 0.1) is 12.7 Å². The molecule has 1 aromatic rings. The number of hydrogen-bond acceptors (Lipinski definition) is 4. The summed E-state index contributed by atoms with van der Waals surface area (Å²) in [5.41, 5.74) is -1.78. The molecular formula is C13H16FNO5S. The van der Waals surface area contributed by atoms with E-state index in [1.54, 1.807) is 6.92 Å². The summed E-state index contributed by atoms with van der Waals surface area (Å²) < 4.78 is 39.4. The van der Waals surface area contributed by atoms with Crippen LogP contribution in [-0.2, 0) is 10.0 Å². The van der Waals surface area contributed by atoms with E-state index in [4.69, 9.17) is 5.11 Å². The topological polar surface area (TPSA) is 94.9 Å². The van der Waals surface area contributed by atoms with Gasteiger partial charge in [-0.2, -0.15) is 4.31 Å². The number of halogens is 1. The van der Waals surface area contributed by atoms with Gasteiger partial charge >= 0.3 is 5.97 Å². The second kappa shape index (κ2) is 5.04. The number of nitrogens with zero attached hydrogens (tertiary/aromatic N) is 1. The van der Waals surface area contributed by atoms with E-state index in [0.717, 1.165) is 16.4 Å². The number of aromatic carboxylic acids is 1. The standard InChI is InChI=1S/C13H16FNO5S/c1-3-13(18)6-15(7-13)21(19,20)9-4-8(2)11(14)10(5-9)12(16)17/h4-5,18H,3,6-7H2,1-2H3,(H,16,17). The number of sulfonamides is 1. The van der Waals surface area contributed by atoms with Gasteiger partial charge in [-0.05, 0) is 31.0 Å². The minimum absolute atomic E-state index is 0.0509. The smallest absolute Gasteiger partial charge is 0.338 e. The highest BCUT2D eigenvalue weighted by molar-refractivity contribution is 7.89. The maximum atomic E-state index is 13.7. The molecule has 1 fully saturated rings. The van der Waals surface area contributed by atoms with Gasteiger partial charge < -0.3 is 10.2 Å². The Hall–Kier alpha value is -1.51. The maximum Gasteiger partial charge on any atom is 0.338 e. The molecule has 0 spiro atoms. The molecule has 116 valence electrons. The first-order valence-electron chi connectivity index (χ1n) is 6.37. The van der Waals surface area contributed by atoms with Crippen molar-refractivity contribution in [1.82, 2.24) is 4.31 Å². The molecule has 1 aromatic carbocycles. The number of carboxylic acids is 1. The minimum Gasteiger partial charge on any atom is -0.478 e. The van der Waals surface area contributed by atoms with Crippen molar-refractivity contribution >= 4 is 16.0 Å². The van der Waals surface area contributed by atoms with E-state index in [-0.39, 0.29) is 23.5 Å². The van der Waals surface area contributed by atoms with Crippen LogP contribution in [0.2, 0.25) is 0 Å². The van der Waals surface area contributed by atoms with Crippen LogP contribution in [0.25, 0.3) is 0 Å². The number of benzene rings is 1. The lowest BCUT2D eigenvalue weighted by Gasteiger charge is -2.44. The van der Waals surface area contributed by atoms with Gasteiger partial charge in [0.15, 0.2) is 0 Å². The minimum atomic E-state index is -3.94.